The van der Waals surface area contributed by atoms with E-state index in [1.165, 1.54) is 17.5 Å². The molecular formula is C22H28N2O2. The summed E-state index contributed by atoms with van der Waals surface area (Å²) in [5.74, 6) is 0.686. The molecule has 1 N–H and O–H groups in total. The lowest BCUT2D eigenvalue weighted by atomic mass is 10.00. The van der Waals surface area contributed by atoms with Crippen molar-refractivity contribution in [3.8, 4) is 5.75 Å². The van der Waals surface area contributed by atoms with Gasteiger partial charge in [-0.05, 0) is 49.9 Å². The molecular weight excluding hydrogens is 324 g/mol. The Morgan fingerprint density at radius 3 is 2.50 bits per heavy atom. The van der Waals surface area contributed by atoms with E-state index in [4.69, 9.17) is 4.74 Å². The Bertz CT molecular complexity index is 755. The summed E-state index contributed by atoms with van der Waals surface area (Å²) in [4.78, 5) is 15.1. The molecule has 1 aliphatic heterocycles. The number of carbonyl (C=O) groups excluding carboxylic acids is 1. The number of amides is 2. The van der Waals surface area contributed by atoms with Gasteiger partial charge in [-0.15, -0.1) is 0 Å². The minimum absolute atomic E-state index is 0.0543. The van der Waals surface area contributed by atoms with Crippen molar-refractivity contribution in [1.29, 1.82) is 0 Å². The molecule has 0 aromatic heterocycles. The van der Waals surface area contributed by atoms with Gasteiger partial charge in [-0.1, -0.05) is 48.7 Å². The first-order chi connectivity index (χ1) is 12.6. The van der Waals surface area contributed by atoms with Crippen LogP contribution in [0.15, 0.2) is 42.5 Å². The maximum Gasteiger partial charge on any atom is 0.322 e. The van der Waals surface area contributed by atoms with Gasteiger partial charge in [0.05, 0.1) is 18.8 Å². The molecule has 2 amide bonds. The molecule has 26 heavy (non-hydrogen) atoms. The summed E-state index contributed by atoms with van der Waals surface area (Å²) in [6.07, 6.45) is 4.36. The number of nitrogens with zero attached hydrogens (tertiary/aromatic N) is 1. The number of nitrogens with one attached hydrogen (secondary N) is 1. The van der Waals surface area contributed by atoms with Crippen LogP contribution in [0.3, 0.4) is 0 Å². The minimum Gasteiger partial charge on any atom is -0.495 e. The van der Waals surface area contributed by atoms with Gasteiger partial charge in [0, 0.05) is 6.54 Å². The van der Waals surface area contributed by atoms with Crippen LogP contribution in [-0.4, -0.2) is 24.6 Å². The van der Waals surface area contributed by atoms with Gasteiger partial charge in [-0.3, -0.25) is 0 Å². The highest BCUT2D eigenvalue weighted by molar-refractivity contribution is 5.91. The maximum atomic E-state index is 13.1. The number of methoxy groups -OCH3 is 1. The third kappa shape index (κ3) is 4.18. The number of urea groups is 1. The molecule has 1 atom stereocenters. The monoisotopic (exact) mass is 352 g/mol. The van der Waals surface area contributed by atoms with Crippen molar-refractivity contribution in [3.63, 3.8) is 0 Å². The lowest BCUT2D eigenvalue weighted by Crippen LogP contribution is -2.38. The number of likely N-dealkylation sites (tertiary alicyclic amines) is 1. The molecule has 3 rings (SSSR count). The number of carbonyl (C=O) groups is 1. The Labute approximate surface area is 156 Å². The van der Waals surface area contributed by atoms with Gasteiger partial charge in [-0.2, -0.15) is 0 Å². The average molecular weight is 352 g/mol. The maximum absolute atomic E-state index is 13.1. The second-order valence-corrected chi connectivity index (χ2v) is 7.10. The molecule has 0 radical (unpaired) electrons. The van der Waals surface area contributed by atoms with E-state index in [-0.39, 0.29) is 12.1 Å². The number of hydrogen-bond acceptors (Lipinski definition) is 2. The first-order valence-corrected chi connectivity index (χ1v) is 9.37. The Hall–Kier alpha value is -2.49. The molecule has 1 heterocycles. The first kappa shape index (κ1) is 18.3. The second kappa shape index (κ2) is 8.26. The van der Waals surface area contributed by atoms with Crippen LogP contribution in [0.2, 0.25) is 0 Å². The third-order valence-corrected chi connectivity index (χ3v) is 5.07. The van der Waals surface area contributed by atoms with E-state index in [1.807, 2.05) is 30.0 Å². The van der Waals surface area contributed by atoms with E-state index in [0.717, 1.165) is 37.1 Å². The molecule has 2 aromatic rings. The van der Waals surface area contributed by atoms with Gasteiger partial charge >= 0.3 is 6.03 Å². The van der Waals surface area contributed by atoms with Gasteiger partial charge < -0.3 is 15.0 Å². The SMILES string of the molecule is COc1ccc(C)cc1NC(=O)N1CCCCC[C@@H]1c1ccc(C)cc1. The zero-order valence-corrected chi connectivity index (χ0v) is 15.9. The fourth-order valence-corrected chi connectivity index (χ4v) is 3.59. The van der Waals surface area contributed by atoms with Crippen LogP contribution in [0.5, 0.6) is 5.75 Å². The van der Waals surface area contributed by atoms with Crippen LogP contribution in [0.1, 0.15) is 48.4 Å². The Morgan fingerprint density at radius 1 is 1.04 bits per heavy atom. The number of aryl methyl sites for hydroxylation is 2. The summed E-state index contributed by atoms with van der Waals surface area (Å²) >= 11 is 0. The average Bonchev–Trinajstić information content (AvgIpc) is 2.89. The molecule has 4 heteroatoms. The lowest BCUT2D eigenvalue weighted by molar-refractivity contribution is 0.189. The quantitative estimate of drug-likeness (QED) is 0.797. The van der Waals surface area contributed by atoms with Gasteiger partial charge in [0.25, 0.3) is 0 Å². The molecule has 0 aliphatic carbocycles. The van der Waals surface area contributed by atoms with E-state index in [2.05, 4.69) is 36.5 Å². The molecule has 1 aliphatic rings. The third-order valence-electron chi connectivity index (χ3n) is 5.07. The molecule has 4 nitrogen and oxygen atoms in total. The fraction of sp³-hybridized carbons (Fsp3) is 0.409. The van der Waals surface area contributed by atoms with E-state index in [0.29, 0.717) is 5.75 Å². The van der Waals surface area contributed by atoms with Crippen LogP contribution in [0, 0.1) is 13.8 Å². The zero-order chi connectivity index (χ0) is 18.5. The predicted molar refractivity (Wildman–Crippen MR) is 106 cm³/mol. The number of benzene rings is 2. The summed E-state index contributed by atoms with van der Waals surface area (Å²) in [5.41, 5.74) is 4.27. The summed E-state index contributed by atoms with van der Waals surface area (Å²) < 4.78 is 5.40. The van der Waals surface area contributed by atoms with E-state index in [9.17, 15) is 4.79 Å². The molecule has 0 spiro atoms. The molecule has 2 aromatic carbocycles. The zero-order valence-electron chi connectivity index (χ0n) is 15.9. The first-order valence-electron chi connectivity index (χ1n) is 9.37. The number of hydrogen-bond donors (Lipinski definition) is 1. The molecule has 1 saturated heterocycles. The van der Waals surface area contributed by atoms with Crippen molar-refractivity contribution in [2.45, 2.75) is 45.6 Å². The van der Waals surface area contributed by atoms with Gasteiger partial charge in [0.15, 0.2) is 0 Å². The van der Waals surface area contributed by atoms with Crippen molar-refractivity contribution in [1.82, 2.24) is 4.90 Å². The van der Waals surface area contributed by atoms with Crippen LogP contribution >= 0.6 is 0 Å². The number of ether oxygens (including phenoxy) is 1. The molecule has 0 unspecified atom stereocenters. The van der Waals surface area contributed by atoms with Crippen LogP contribution in [0.25, 0.3) is 0 Å². The van der Waals surface area contributed by atoms with E-state index >= 15 is 0 Å². The summed E-state index contributed by atoms with van der Waals surface area (Å²) in [6, 6.07) is 14.4. The molecule has 0 bridgehead atoms. The highest BCUT2D eigenvalue weighted by Crippen LogP contribution is 2.32. The lowest BCUT2D eigenvalue weighted by Gasteiger charge is -2.31. The topological polar surface area (TPSA) is 41.6 Å². The van der Waals surface area contributed by atoms with Crippen LogP contribution < -0.4 is 10.1 Å². The Balaban J connectivity index is 1.85. The molecule has 1 fully saturated rings. The molecule has 138 valence electrons. The van der Waals surface area contributed by atoms with Crippen molar-refractivity contribution in [2.75, 3.05) is 19.0 Å². The van der Waals surface area contributed by atoms with Gasteiger partial charge in [0.2, 0.25) is 0 Å². The summed E-state index contributed by atoms with van der Waals surface area (Å²) in [6.45, 7) is 4.88. The fourth-order valence-electron chi connectivity index (χ4n) is 3.59. The van der Waals surface area contributed by atoms with Crippen LogP contribution in [0.4, 0.5) is 10.5 Å². The minimum atomic E-state index is -0.0543. The second-order valence-electron chi connectivity index (χ2n) is 7.10. The largest absolute Gasteiger partial charge is 0.495 e. The van der Waals surface area contributed by atoms with Crippen LogP contribution in [-0.2, 0) is 0 Å². The number of anilines is 1. The highest BCUT2D eigenvalue weighted by Gasteiger charge is 2.27. The Morgan fingerprint density at radius 2 is 1.77 bits per heavy atom. The summed E-state index contributed by atoms with van der Waals surface area (Å²) in [5, 5.41) is 3.07. The van der Waals surface area contributed by atoms with Gasteiger partial charge in [-0.25, -0.2) is 4.79 Å². The predicted octanol–water partition coefficient (Wildman–Crippen LogP) is 5.46. The standard InChI is InChI=1S/C22H28N2O2/c1-16-8-11-18(12-9-16)20-7-5-4-6-14-24(20)22(25)23-19-15-17(2)10-13-21(19)26-3/h8-13,15,20H,4-7,14H2,1-3H3,(H,23,25)/t20-/m1/s1. The van der Waals surface area contributed by atoms with E-state index in [1.54, 1.807) is 7.11 Å². The number of rotatable bonds is 3. The molecule has 0 saturated carbocycles. The van der Waals surface area contributed by atoms with Crippen molar-refractivity contribution < 1.29 is 9.53 Å². The van der Waals surface area contributed by atoms with E-state index < -0.39 is 0 Å². The smallest absolute Gasteiger partial charge is 0.322 e. The van der Waals surface area contributed by atoms with Crippen molar-refractivity contribution >= 4 is 11.7 Å². The van der Waals surface area contributed by atoms with Gasteiger partial charge in [0.1, 0.15) is 5.75 Å². The summed E-state index contributed by atoms with van der Waals surface area (Å²) in [7, 11) is 1.63. The normalized spacial score (nSPS) is 17.5. The van der Waals surface area contributed by atoms with Crippen molar-refractivity contribution in [2.24, 2.45) is 0 Å². The van der Waals surface area contributed by atoms with Crippen molar-refractivity contribution in [3.05, 3.63) is 59.2 Å². The highest BCUT2D eigenvalue weighted by atomic mass is 16.5. The Kier molecular flexibility index (Phi) is 5.82.